The average molecular weight is 445 g/mol. The van der Waals surface area contributed by atoms with Crippen LogP contribution < -0.4 is 5.01 Å². The maximum absolute atomic E-state index is 12.8. The van der Waals surface area contributed by atoms with E-state index >= 15 is 0 Å². The van der Waals surface area contributed by atoms with Crippen LogP contribution in [0.15, 0.2) is 58.5 Å². The number of carbonyl (C=O) groups is 1. The van der Waals surface area contributed by atoms with E-state index in [1.54, 1.807) is 25.0 Å². The van der Waals surface area contributed by atoms with Crippen LogP contribution in [0.5, 0.6) is 0 Å². The van der Waals surface area contributed by atoms with Gasteiger partial charge in [-0.1, -0.05) is 70.5 Å². The van der Waals surface area contributed by atoms with Crippen LogP contribution in [0.3, 0.4) is 0 Å². The molecule has 31 heavy (non-hydrogen) atoms. The Morgan fingerprint density at radius 2 is 2.00 bits per heavy atom. The molecule has 0 bridgehead atoms. The number of hydrogen-bond acceptors (Lipinski definition) is 5. The molecule has 0 N–H and O–H groups in total. The molecule has 1 rings (SSSR count). The molecule has 0 heterocycles. The van der Waals surface area contributed by atoms with Gasteiger partial charge in [0.25, 0.3) is 0 Å². The molecule has 0 aliphatic heterocycles. The molecule has 5 nitrogen and oxygen atoms in total. The molecule has 0 saturated heterocycles. The lowest BCUT2D eigenvalue weighted by molar-refractivity contribution is -0.118. The molecular formula is C25H40N4OS. The van der Waals surface area contributed by atoms with Gasteiger partial charge < -0.3 is 0 Å². The minimum Gasteiger partial charge on any atom is -0.273 e. The number of hydrogen-bond donors (Lipinski definition) is 0. The summed E-state index contributed by atoms with van der Waals surface area (Å²) in [5.41, 5.74) is 3.11. The van der Waals surface area contributed by atoms with Gasteiger partial charge in [0, 0.05) is 24.8 Å². The number of unbranched alkanes of at least 4 members (excludes halogenated alkanes) is 1. The lowest BCUT2D eigenvalue weighted by Crippen LogP contribution is -2.26. The predicted octanol–water partition coefficient (Wildman–Crippen LogP) is 8.10. The highest BCUT2D eigenvalue weighted by molar-refractivity contribution is 8.13. The SMILES string of the molecule is C=CCC(=N/C=C\C)SCc1c(C(C)C)cccc1N(N=NC)C(=O)CCCC.CC. The zero-order valence-corrected chi connectivity index (χ0v) is 21.2. The lowest BCUT2D eigenvalue weighted by Gasteiger charge is -2.23. The standard InChI is InChI=1S/C23H34N4OS.C2H6/c1-7-10-15-23(28)27(26-24-6)21-14-11-13-19(18(4)5)20(21)17-29-22(12-8-2)25-16-9-3;1-2/h8-9,11,13-14,16,18H,2,7,10,12,15,17H2,1,3-6H3;1-2H3/b16-9-,25-22?,26-24?;. The van der Waals surface area contributed by atoms with Crippen molar-refractivity contribution < 1.29 is 4.79 Å². The first-order valence-corrected chi connectivity index (χ1v) is 12.1. The summed E-state index contributed by atoms with van der Waals surface area (Å²) in [4.78, 5) is 17.3. The summed E-state index contributed by atoms with van der Waals surface area (Å²) in [5, 5.41) is 10.5. The van der Waals surface area contributed by atoms with Crippen LogP contribution in [0, 0.1) is 0 Å². The van der Waals surface area contributed by atoms with Crippen molar-refractivity contribution in [2.24, 2.45) is 15.3 Å². The van der Waals surface area contributed by atoms with E-state index in [2.05, 4.69) is 48.7 Å². The summed E-state index contributed by atoms with van der Waals surface area (Å²) in [6, 6.07) is 6.07. The van der Waals surface area contributed by atoms with Gasteiger partial charge in [-0.25, -0.2) is 0 Å². The highest BCUT2D eigenvalue weighted by atomic mass is 32.2. The predicted molar refractivity (Wildman–Crippen MR) is 138 cm³/mol. The summed E-state index contributed by atoms with van der Waals surface area (Å²) in [6.45, 7) is 16.2. The summed E-state index contributed by atoms with van der Waals surface area (Å²) in [5.74, 6) is 0.996. The molecule has 6 heteroatoms. The largest absolute Gasteiger partial charge is 0.273 e. The van der Waals surface area contributed by atoms with Gasteiger partial charge >= 0.3 is 0 Å². The minimum absolute atomic E-state index is 0.0292. The number of benzene rings is 1. The van der Waals surface area contributed by atoms with Crippen molar-refractivity contribution in [3.8, 4) is 0 Å². The van der Waals surface area contributed by atoms with E-state index in [9.17, 15) is 4.79 Å². The number of nitrogens with zero attached hydrogens (tertiary/aromatic N) is 4. The molecule has 0 aromatic heterocycles. The quantitative estimate of drug-likeness (QED) is 0.114. The van der Waals surface area contributed by atoms with Crippen LogP contribution >= 0.6 is 11.8 Å². The van der Waals surface area contributed by atoms with Crippen LogP contribution in [-0.2, 0) is 10.5 Å². The third kappa shape index (κ3) is 10.1. The van der Waals surface area contributed by atoms with Crippen molar-refractivity contribution in [2.75, 3.05) is 12.1 Å². The van der Waals surface area contributed by atoms with Crippen molar-refractivity contribution in [1.82, 2.24) is 0 Å². The van der Waals surface area contributed by atoms with E-state index in [1.807, 2.05) is 45.1 Å². The summed E-state index contributed by atoms with van der Waals surface area (Å²) >= 11 is 1.67. The fourth-order valence-electron chi connectivity index (χ4n) is 2.83. The minimum atomic E-state index is -0.0292. The topological polar surface area (TPSA) is 57.4 Å². The Morgan fingerprint density at radius 1 is 1.29 bits per heavy atom. The lowest BCUT2D eigenvalue weighted by atomic mass is 9.96. The third-order valence-electron chi connectivity index (χ3n) is 4.27. The number of aliphatic imine (C=N–C) groups is 1. The zero-order valence-electron chi connectivity index (χ0n) is 20.4. The van der Waals surface area contributed by atoms with Crippen LogP contribution in [0.4, 0.5) is 5.69 Å². The molecule has 1 aromatic carbocycles. The van der Waals surface area contributed by atoms with Crippen LogP contribution in [-0.4, -0.2) is 18.0 Å². The summed E-state index contributed by atoms with van der Waals surface area (Å²) < 4.78 is 0. The van der Waals surface area contributed by atoms with Crippen LogP contribution in [0.1, 0.15) is 84.3 Å². The number of carbonyl (C=O) groups excluding carboxylic acids is 1. The fourth-order valence-corrected chi connectivity index (χ4v) is 3.83. The van der Waals surface area contributed by atoms with Crippen molar-refractivity contribution >= 4 is 28.4 Å². The maximum Gasteiger partial charge on any atom is 0.248 e. The molecule has 172 valence electrons. The molecule has 0 aliphatic carbocycles. The van der Waals surface area contributed by atoms with E-state index in [0.717, 1.165) is 29.1 Å². The normalized spacial score (nSPS) is 11.7. The molecule has 1 amide bonds. The maximum atomic E-state index is 12.8. The second-order valence-corrected chi connectivity index (χ2v) is 7.93. The molecule has 0 fully saturated rings. The second kappa shape index (κ2) is 17.5. The van der Waals surface area contributed by atoms with Crippen LogP contribution in [0.2, 0.25) is 0 Å². The Bertz CT molecular complexity index is 754. The summed E-state index contributed by atoms with van der Waals surface area (Å²) in [6.07, 6.45) is 8.53. The first kappa shape index (κ1) is 28.8. The smallest absolute Gasteiger partial charge is 0.248 e. The van der Waals surface area contributed by atoms with Gasteiger partial charge in [-0.2, -0.15) is 10.1 Å². The van der Waals surface area contributed by atoms with E-state index in [-0.39, 0.29) is 5.91 Å². The zero-order chi connectivity index (χ0) is 23.6. The Labute approximate surface area is 193 Å². The molecule has 0 saturated carbocycles. The Morgan fingerprint density at radius 3 is 2.55 bits per heavy atom. The average Bonchev–Trinajstić information content (AvgIpc) is 2.78. The number of thioether (sulfide) groups is 1. The first-order chi connectivity index (χ1) is 15.0. The number of rotatable bonds is 11. The molecular weight excluding hydrogens is 404 g/mol. The molecule has 0 radical (unpaired) electrons. The number of anilines is 1. The van der Waals surface area contributed by atoms with Gasteiger partial charge in [0.15, 0.2) is 0 Å². The van der Waals surface area contributed by atoms with E-state index in [4.69, 9.17) is 0 Å². The highest BCUT2D eigenvalue weighted by Crippen LogP contribution is 2.33. The van der Waals surface area contributed by atoms with Gasteiger partial charge in [0.2, 0.25) is 5.91 Å². The summed E-state index contributed by atoms with van der Waals surface area (Å²) in [7, 11) is 1.59. The molecule has 0 aliphatic rings. The van der Waals surface area contributed by atoms with E-state index < -0.39 is 0 Å². The molecule has 0 atom stereocenters. The van der Waals surface area contributed by atoms with Gasteiger partial charge in [-0.05, 0) is 36.5 Å². The fraction of sp³-hybridized carbons (Fsp3) is 0.520. The Hall–Kier alpha value is -2.21. The molecule has 0 unspecified atom stereocenters. The molecule has 1 aromatic rings. The van der Waals surface area contributed by atoms with Gasteiger partial charge in [0.05, 0.1) is 17.8 Å². The van der Waals surface area contributed by atoms with Gasteiger partial charge in [-0.3, -0.25) is 9.79 Å². The van der Waals surface area contributed by atoms with Gasteiger partial charge in [0.1, 0.15) is 0 Å². The molecule has 0 spiro atoms. The Kier molecular flexibility index (Phi) is 16.2. The van der Waals surface area contributed by atoms with Crippen molar-refractivity contribution in [1.29, 1.82) is 0 Å². The number of amides is 1. The highest BCUT2D eigenvalue weighted by Gasteiger charge is 2.21. The van der Waals surface area contributed by atoms with Crippen molar-refractivity contribution in [3.05, 3.63) is 54.3 Å². The van der Waals surface area contributed by atoms with Gasteiger partial charge in [-0.15, -0.1) is 18.3 Å². The third-order valence-corrected chi connectivity index (χ3v) is 5.31. The van der Waals surface area contributed by atoms with E-state index in [1.165, 1.54) is 10.6 Å². The van der Waals surface area contributed by atoms with E-state index in [0.29, 0.717) is 24.5 Å². The Balaban J connectivity index is 0.00000436. The van der Waals surface area contributed by atoms with Crippen molar-refractivity contribution in [2.45, 2.75) is 78.9 Å². The first-order valence-electron chi connectivity index (χ1n) is 11.2. The monoisotopic (exact) mass is 444 g/mol. The second-order valence-electron chi connectivity index (χ2n) is 6.88. The number of allylic oxidation sites excluding steroid dienone is 2. The van der Waals surface area contributed by atoms with Crippen molar-refractivity contribution in [3.63, 3.8) is 0 Å². The van der Waals surface area contributed by atoms with Crippen LogP contribution in [0.25, 0.3) is 0 Å².